The van der Waals surface area contributed by atoms with Crippen LogP contribution in [-0.2, 0) is 4.79 Å². The lowest BCUT2D eigenvalue weighted by molar-refractivity contribution is -0.142. The summed E-state index contributed by atoms with van der Waals surface area (Å²) in [4.78, 5) is 14.7. The van der Waals surface area contributed by atoms with Crippen molar-refractivity contribution in [2.75, 3.05) is 0 Å². The Morgan fingerprint density at radius 3 is 2.62 bits per heavy atom. The Bertz CT molecular complexity index is 523. The van der Waals surface area contributed by atoms with E-state index in [1.165, 1.54) is 0 Å². The third-order valence-corrected chi connectivity index (χ3v) is 4.98. The number of carbonyl (C=O) groups excluding carboxylic acids is 1. The second-order valence-electron chi connectivity index (χ2n) is 5.92. The van der Waals surface area contributed by atoms with Crippen LogP contribution in [0.5, 0.6) is 5.75 Å². The van der Waals surface area contributed by atoms with Gasteiger partial charge in [0, 0.05) is 22.5 Å². The predicted octanol–water partition coefficient (Wildman–Crippen LogP) is 3.87. The zero-order valence-corrected chi connectivity index (χ0v) is 13.5. The first-order chi connectivity index (χ1) is 10.0. The van der Waals surface area contributed by atoms with Gasteiger partial charge in [0.1, 0.15) is 5.75 Å². The van der Waals surface area contributed by atoms with Crippen molar-refractivity contribution in [2.45, 2.75) is 56.2 Å². The number of amides is 1. The van der Waals surface area contributed by atoms with Gasteiger partial charge in [-0.25, -0.2) is 0 Å². The van der Waals surface area contributed by atoms with Gasteiger partial charge in [0.15, 0.2) is 6.10 Å². The molecular formula is C16H19Cl2NO2. The second-order valence-corrected chi connectivity index (χ2v) is 6.97. The van der Waals surface area contributed by atoms with Crippen molar-refractivity contribution in [3.8, 4) is 5.75 Å². The molecule has 5 heteroatoms. The standard InChI is InChI=1S/C16H19Cl2NO2/c1-10(21-15-4-2-3-11(17)9-15)16(20)19-13-5-6-14(19)8-12(18)7-13/h2-4,9-10,12-14H,5-8H2,1H3. The molecule has 0 aliphatic carbocycles. The van der Waals surface area contributed by atoms with Crippen LogP contribution in [0.2, 0.25) is 5.02 Å². The summed E-state index contributed by atoms with van der Waals surface area (Å²) in [5.74, 6) is 0.689. The molecule has 2 bridgehead atoms. The summed E-state index contributed by atoms with van der Waals surface area (Å²) in [5, 5.41) is 0.811. The average molecular weight is 328 g/mol. The average Bonchev–Trinajstić information content (AvgIpc) is 2.70. The van der Waals surface area contributed by atoms with Crippen LogP contribution in [-0.4, -0.2) is 34.4 Å². The lowest BCUT2D eigenvalue weighted by Crippen LogP contribution is -2.51. The third-order valence-electron chi connectivity index (χ3n) is 4.39. The molecule has 114 valence electrons. The summed E-state index contributed by atoms with van der Waals surface area (Å²) in [6.45, 7) is 1.80. The number of benzene rings is 1. The Kier molecular flexibility index (Phi) is 4.32. The van der Waals surface area contributed by atoms with E-state index < -0.39 is 6.10 Å². The highest BCUT2D eigenvalue weighted by molar-refractivity contribution is 6.30. The molecule has 1 amide bonds. The lowest BCUT2D eigenvalue weighted by atomic mass is 10.0. The van der Waals surface area contributed by atoms with Gasteiger partial charge in [0.2, 0.25) is 0 Å². The van der Waals surface area contributed by atoms with Crippen LogP contribution in [0.15, 0.2) is 24.3 Å². The van der Waals surface area contributed by atoms with Crippen LogP contribution >= 0.6 is 23.2 Å². The fourth-order valence-corrected chi connectivity index (χ4v) is 4.07. The smallest absolute Gasteiger partial charge is 0.263 e. The monoisotopic (exact) mass is 327 g/mol. The highest BCUT2D eigenvalue weighted by Gasteiger charge is 2.44. The van der Waals surface area contributed by atoms with Gasteiger partial charge >= 0.3 is 0 Å². The molecule has 2 aliphatic heterocycles. The molecule has 0 aromatic heterocycles. The quantitative estimate of drug-likeness (QED) is 0.789. The van der Waals surface area contributed by atoms with E-state index in [4.69, 9.17) is 27.9 Å². The Balaban J connectivity index is 1.68. The summed E-state index contributed by atoms with van der Waals surface area (Å²) in [5.41, 5.74) is 0. The SMILES string of the molecule is CC(Oc1cccc(Cl)c1)C(=O)N1C2CCC1CC(Cl)C2. The van der Waals surface area contributed by atoms with Gasteiger partial charge in [-0.2, -0.15) is 0 Å². The molecule has 3 rings (SSSR count). The van der Waals surface area contributed by atoms with Gasteiger partial charge in [-0.3, -0.25) is 4.79 Å². The second kappa shape index (κ2) is 6.05. The summed E-state index contributed by atoms with van der Waals surface area (Å²) in [7, 11) is 0. The minimum Gasteiger partial charge on any atom is -0.481 e. The summed E-state index contributed by atoms with van der Waals surface area (Å²) in [6.07, 6.45) is 3.41. The number of carbonyl (C=O) groups is 1. The summed E-state index contributed by atoms with van der Waals surface area (Å²) < 4.78 is 5.75. The molecule has 1 aromatic rings. The topological polar surface area (TPSA) is 29.5 Å². The molecule has 3 nitrogen and oxygen atoms in total. The summed E-state index contributed by atoms with van der Waals surface area (Å²) >= 11 is 12.2. The van der Waals surface area contributed by atoms with Crippen molar-refractivity contribution < 1.29 is 9.53 Å². The Hall–Kier alpha value is -0.930. The maximum absolute atomic E-state index is 12.7. The number of halogens is 2. The molecule has 3 unspecified atom stereocenters. The van der Waals surface area contributed by atoms with E-state index in [1.54, 1.807) is 19.1 Å². The zero-order valence-electron chi connectivity index (χ0n) is 12.0. The third kappa shape index (κ3) is 3.14. The normalized spacial score (nSPS) is 29.3. The number of ether oxygens (including phenoxy) is 1. The van der Waals surface area contributed by atoms with Crippen LogP contribution in [0.1, 0.15) is 32.6 Å². The lowest BCUT2D eigenvalue weighted by Gasteiger charge is -2.38. The van der Waals surface area contributed by atoms with E-state index in [0.717, 1.165) is 25.7 Å². The van der Waals surface area contributed by atoms with E-state index in [1.807, 2.05) is 17.0 Å². The molecule has 2 saturated heterocycles. The molecule has 21 heavy (non-hydrogen) atoms. The summed E-state index contributed by atoms with van der Waals surface area (Å²) in [6, 6.07) is 7.71. The van der Waals surface area contributed by atoms with Crippen LogP contribution < -0.4 is 4.74 Å². The molecule has 0 radical (unpaired) electrons. The number of rotatable bonds is 3. The van der Waals surface area contributed by atoms with Crippen molar-refractivity contribution in [2.24, 2.45) is 0 Å². The maximum atomic E-state index is 12.7. The molecule has 3 atom stereocenters. The Morgan fingerprint density at radius 1 is 1.33 bits per heavy atom. The fraction of sp³-hybridized carbons (Fsp3) is 0.562. The molecule has 0 saturated carbocycles. The van der Waals surface area contributed by atoms with E-state index in [-0.39, 0.29) is 23.4 Å². The van der Waals surface area contributed by atoms with Gasteiger partial charge in [-0.15, -0.1) is 11.6 Å². The number of alkyl halides is 1. The molecule has 1 aromatic carbocycles. The first kappa shape index (κ1) is 15.0. The Morgan fingerprint density at radius 2 is 2.00 bits per heavy atom. The first-order valence-corrected chi connectivity index (χ1v) is 8.24. The van der Waals surface area contributed by atoms with Gasteiger partial charge < -0.3 is 9.64 Å². The van der Waals surface area contributed by atoms with Crippen LogP contribution in [0.3, 0.4) is 0 Å². The number of fused-ring (bicyclic) bond motifs is 2. The predicted molar refractivity (Wildman–Crippen MR) is 84.1 cm³/mol. The minimum atomic E-state index is -0.501. The van der Waals surface area contributed by atoms with Crippen molar-refractivity contribution >= 4 is 29.1 Å². The Labute approximate surface area is 135 Å². The van der Waals surface area contributed by atoms with E-state index in [0.29, 0.717) is 10.8 Å². The van der Waals surface area contributed by atoms with Gasteiger partial charge in [-0.05, 0) is 50.8 Å². The van der Waals surface area contributed by atoms with E-state index >= 15 is 0 Å². The number of hydrogen-bond acceptors (Lipinski definition) is 2. The molecule has 2 heterocycles. The fourth-order valence-electron chi connectivity index (χ4n) is 3.48. The molecular weight excluding hydrogens is 309 g/mol. The van der Waals surface area contributed by atoms with Crippen molar-refractivity contribution in [1.29, 1.82) is 0 Å². The number of piperidine rings is 1. The zero-order chi connectivity index (χ0) is 15.0. The van der Waals surface area contributed by atoms with E-state index in [2.05, 4.69) is 0 Å². The van der Waals surface area contributed by atoms with Crippen LogP contribution in [0.25, 0.3) is 0 Å². The molecule has 2 aliphatic rings. The molecule has 0 N–H and O–H groups in total. The highest BCUT2D eigenvalue weighted by Crippen LogP contribution is 2.38. The maximum Gasteiger partial charge on any atom is 0.263 e. The van der Waals surface area contributed by atoms with E-state index in [9.17, 15) is 4.79 Å². The van der Waals surface area contributed by atoms with Crippen molar-refractivity contribution in [3.63, 3.8) is 0 Å². The molecule has 2 fully saturated rings. The van der Waals surface area contributed by atoms with Crippen LogP contribution in [0, 0.1) is 0 Å². The first-order valence-electron chi connectivity index (χ1n) is 7.43. The van der Waals surface area contributed by atoms with Crippen LogP contribution in [0.4, 0.5) is 0 Å². The van der Waals surface area contributed by atoms with Crippen molar-refractivity contribution in [1.82, 2.24) is 4.90 Å². The van der Waals surface area contributed by atoms with Gasteiger partial charge in [-0.1, -0.05) is 17.7 Å². The minimum absolute atomic E-state index is 0.0612. The number of hydrogen-bond donors (Lipinski definition) is 0. The molecule has 0 spiro atoms. The van der Waals surface area contributed by atoms with Gasteiger partial charge in [0.05, 0.1) is 0 Å². The van der Waals surface area contributed by atoms with Crippen molar-refractivity contribution in [3.05, 3.63) is 29.3 Å². The number of nitrogens with zero attached hydrogens (tertiary/aromatic N) is 1. The highest BCUT2D eigenvalue weighted by atomic mass is 35.5. The van der Waals surface area contributed by atoms with Gasteiger partial charge in [0.25, 0.3) is 5.91 Å². The largest absolute Gasteiger partial charge is 0.481 e.